The number of nitrogens with zero attached hydrogens (tertiary/aromatic N) is 1. The van der Waals surface area contributed by atoms with E-state index in [1.54, 1.807) is 16.8 Å². The lowest BCUT2D eigenvalue weighted by Gasteiger charge is -2.07. The van der Waals surface area contributed by atoms with Gasteiger partial charge >= 0.3 is 0 Å². The van der Waals surface area contributed by atoms with Crippen molar-refractivity contribution >= 4 is 38.9 Å². The normalized spacial score (nSPS) is 10.3. The minimum absolute atomic E-state index is 0.0761. The second kappa shape index (κ2) is 5.49. The Morgan fingerprint density at radius 3 is 2.83 bits per heavy atom. The maximum atomic E-state index is 12.0. The molecule has 4 nitrogen and oxygen atoms in total. The molecule has 0 bridgehead atoms. The van der Waals surface area contributed by atoms with Gasteiger partial charge in [-0.2, -0.15) is 0 Å². The van der Waals surface area contributed by atoms with Crippen molar-refractivity contribution in [3.63, 3.8) is 0 Å². The Bertz CT molecular complexity index is 633. The van der Waals surface area contributed by atoms with Crippen LogP contribution < -0.4 is 10.9 Å². The third kappa shape index (κ3) is 2.70. The van der Waals surface area contributed by atoms with E-state index in [1.807, 2.05) is 18.4 Å². The molecule has 0 unspecified atom stereocenters. The summed E-state index contributed by atoms with van der Waals surface area (Å²) in [5.41, 5.74) is 0.537. The third-order valence-electron chi connectivity index (χ3n) is 2.41. The molecule has 0 aromatic carbocycles. The molecule has 0 atom stereocenters. The van der Waals surface area contributed by atoms with Crippen LogP contribution in [0.2, 0.25) is 0 Å². The topological polar surface area (TPSA) is 51.1 Å². The lowest BCUT2D eigenvalue weighted by atomic mass is 10.3. The summed E-state index contributed by atoms with van der Waals surface area (Å²) in [6, 6.07) is 4.88. The van der Waals surface area contributed by atoms with Crippen LogP contribution in [-0.4, -0.2) is 10.5 Å². The molecule has 18 heavy (non-hydrogen) atoms. The summed E-state index contributed by atoms with van der Waals surface area (Å²) in [7, 11) is 0. The van der Waals surface area contributed by atoms with Gasteiger partial charge in [-0.25, -0.2) is 0 Å². The predicted octanol–water partition coefficient (Wildman–Crippen LogP) is 2.94. The van der Waals surface area contributed by atoms with Crippen LogP contribution >= 0.6 is 27.3 Å². The molecule has 2 aromatic rings. The van der Waals surface area contributed by atoms with Gasteiger partial charge in [0.2, 0.25) is 0 Å². The minimum Gasteiger partial charge on any atom is -0.320 e. The number of hydrogen-bond donors (Lipinski definition) is 1. The summed E-state index contributed by atoms with van der Waals surface area (Å²) in [6.45, 7) is 2.45. The van der Waals surface area contributed by atoms with E-state index >= 15 is 0 Å². The van der Waals surface area contributed by atoms with Gasteiger partial charge in [0, 0.05) is 23.3 Å². The first-order chi connectivity index (χ1) is 8.61. The van der Waals surface area contributed by atoms with Gasteiger partial charge < -0.3 is 9.88 Å². The van der Waals surface area contributed by atoms with Crippen molar-refractivity contribution in [3.05, 3.63) is 49.5 Å². The molecule has 94 valence electrons. The molecular weight excluding hydrogens is 316 g/mol. The van der Waals surface area contributed by atoms with Gasteiger partial charge in [0.05, 0.1) is 5.69 Å². The number of halogens is 1. The average Bonchev–Trinajstić information content (AvgIpc) is 2.78. The SMILES string of the molecule is CCn1cc(NC(=O)c2sccc2Br)ccc1=O. The van der Waals surface area contributed by atoms with Gasteiger partial charge in [0.1, 0.15) is 4.88 Å². The Balaban J connectivity index is 2.22. The second-order valence-corrected chi connectivity index (χ2v) is 5.36. The highest BCUT2D eigenvalue weighted by Crippen LogP contribution is 2.23. The first kappa shape index (κ1) is 13.0. The van der Waals surface area contributed by atoms with Crippen LogP contribution in [0.3, 0.4) is 0 Å². The molecule has 2 aromatic heterocycles. The molecule has 6 heteroatoms. The number of nitrogens with one attached hydrogen (secondary N) is 1. The first-order valence-corrected chi connectivity index (χ1v) is 7.04. The molecule has 0 fully saturated rings. The Labute approximate surface area is 116 Å². The van der Waals surface area contributed by atoms with E-state index in [0.29, 0.717) is 17.1 Å². The number of carbonyl (C=O) groups excluding carboxylic acids is 1. The number of aryl methyl sites for hydroxylation is 1. The number of hydrogen-bond acceptors (Lipinski definition) is 3. The lowest BCUT2D eigenvalue weighted by molar-refractivity contribution is 0.103. The molecule has 1 amide bonds. The molecule has 1 N–H and O–H groups in total. The quantitative estimate of drug-likeness (QED) is 0.942. The largest absolute Gasteiger partial charge is 0.320 e. The van der Waals surface area contributed by atoms with Crippen LogP contribution in [0, 0.1) is 0 Å². The number of carbonyl (C=O) groups is 1. The van der Waals surface area contributed by atoms with Crippen LogP contribution in [0.5, 0.6) is 0 Å². The van der Waals surface area contributed by atoms with Gasteiger partial charge in [0.15, 0.2) is 0 Å². The number of pyridine rings is 1. The second-order valence-electron chi connectivity index (χ2n) is 3.59. The summed E-state index contributed by atoms with van der Waals surface area (Å²) >= 11 is 4.68. The molecule has 0 aliphatic carbocycles. The third-order valence-corrected chi connectivity index (χ3v) is 4.24. The van der Waals surface area contributed by atoms with Crippen LogP contribution in [0.25, 0.3) is 0 Å². The summed E-state index contributed by atoms with van der Waals surface area (Å²) < 4.78 is 2.31. The average molecular weight is 327 g/mol. The molecule has 0 saturated heterocycles. The maximum absolute atomic E-state index is 12.0. The predicted molar refractivity (Wildman–Crippen MR) is 76.3 cm³/mol. The zero-order chi connectivity index (χ0) is 13.1. The zero-order valence-corrected chi connectivity index (χ0v) is 12.0. The zero-order valence-electron chi connectivity index (χ0n) is 9.64. The summed E-state index contributed by atoms with van der Waals surface area (Å²) in [6.07, 6.45) is 1.64. The number of aromatic nitrogens is 1. The van der Waals surface area contributed by atoms with Crippen LogP contribution in [0.15, 0.2) is 39.0 Å². The Morgan fingerprint density at radius 2 is 2.22 bits per heavy atom. The van der Waals surface area contributed by atoms with Crippen molar-refractivity contribution in [2.45, 2.75) is 13.5 Å². The first-order valence-electron chi connectivity index (χ1n) is 5.36. The fraction of sp³-hybridized carbons (Fsp3) is 0.167. The smallest absolute Gasteiger partial charge is 0.266 e. The molecule has 0 aliphatic heterocycles. The molecular formula is C12H11BrN2O2S. The number of rotatable bonds is 3. The summed E-state index contributed by atoms with van der Waals surface area (Å²) in [4.78, 5) is 24.0. The Kier molecular flexibility index (Phi) is 3.98. The number of thiophene rings is 1. The van der Waals surface area contributed by atoms with Crippen molar-refractivity contribution < 1.29 is 4.79 Å². The van der Waals surface area contributed by atoms with Crippen LogP contribution in [-0.2, 0) is 6.54 Å². The fourth-order valence-electron chi connectivity index (χ4n) is 1.50. The van der Waals surface area contributed by atoms with Gasteiger partial charge in [0.25, 0.3) is 11.5 Å². The van der Waals surface area contributed by atoms with E-state index < -0.39 is 0 Å². The van der Waals surface area contributed by atoms with Crippen molar-refractivity contribution in [2.75, 3.05) is 5.32 Å². The summed E-state index contributed by atoms with van der Waals surface area (Å²) in [5, 5.41) is 4.61. The highest BCUT2D eigenvalue weighted by Gasteiger charge is 2.11. The van der Waals surface area contributed by atoms with E-state index in [0.717, 1.165) is 4.47 Å². The van der Waals surface area contributed by atoms with Crippen LogP contribution in [0.1, 0.15) is 16.6 Å². The van der Waals surface area contributed by atoms with Crippen molar-refractivity contribution in [2.24, 2.45) is 0 Å². The van der Waals surface area contributed by atoms with E-state index in [9.17, 15) is 9.59 Å². The van der Waals surface area contributed by atoms with Crippen molar-refractivity contribution in [1.29, 1.82) is 0 Å². The maximum Gasteiger partial charge on any atom is 0.266 e. The van der Waals surface area contributed by atoms with Gasteiger partial charge in [-0.05, 0) is 40.4 Å². The molecule has 0 radical (unpaired) electrons. The Morgan fingerprint density at radius 1 is 1.44 bits per heavy atom. The minimum atomic E-state index is -0.182. The van der Waals surface area contributed by atoms with E-state index in [1.165, 1.54) is 17.4 Å². The lowest BCUT2D eigenvalue weighted by Crippen LogP contribution is -2.19. The summed E-state index contributed by atoms with van der Waals surface area (Å²) in [5.74, 6) is -0.182. The van der Waals surface area contributed by atoms with E-state index in [2.05, 4.69) is 21.2 Å². The van der Waals surface area contributed by atoms with Gasteiger partial charge in [-0.15, -0.1) is 11.3 Å². The molecule has 0 spiro atoms. The monoisotopic (exact) mass is 326 g/mol. The van der Waals surface area contributed by atoms with E-state index in [4.69, 9.17) is 0 Å². The number of anilines is 1. The molecule has 2 heterocycles. The standard InChI is InChI=1S/C12H11BrN2O2S/c1-2-15-7-8(3-4-10(15)16)14-12(17)11-9(13)5-6-18-11/h3-7H,2H2,1H3,(H,14,17). The molecule has 2 rings (SSSR count). The van der Waals surface area contributed by atoms with Gasteiger partial charge in [-0.1, -0.05) is 0 Å². The van der Waals surface area contributed by atoms with E-state index in [-0.39, 0.29) is 11.5 Å². The number of amides is 1. The van der Waals surface area contributed by atoms with Crippen molar-refractivity contribution in [1.82, 2.24) is 4.57 Å². The molecule has 0 aliphatic rings. The highest BCUT2D eigenvalue weighted by atomic mass is 79.9. The molecule has 0 saturated carbocycles. The Hall–Kier alpha value is -1.40. The highest BCUT2D eigenvalue weighted by molar-refractivity contribution is 9.10. The fourth-order valence-corrected chi connectivity index (χ4v) is 2.94. The van der Waals surface area contributed by atoms with Crippen molar-refractivity contribution in [3.8, 4) is 0 Å². The van der Waals surface area contributed by atoms with Gasteiger partial charge in [-0.3, -0.25) is 9.59 Å². The van der Waals surface area contributed by atoms with Crippen LogP contribution in [0.4, 0.5) is 5.69 Å².